The summed E-state index contributed by atoms with van der Waals surface area (Å²) >= 11 is 6.03. The summed E-state index contributed by atoms with van der Waals surface area (Å²) in [5, 5.41) is 0.674. The Morgan fingerprint density at radius 1 is 1.47 bits per heavy atom. The van der Waals surface area contributed by atoms with Gasteiger partial charge >= 0.3 is 0 Å². The third-order valence-electron chi connectivity index (χ3n) is 2.11. The van der Waals surface area contributed by atoms with Crippen molar-refractivity contribution in [3.8, 4) is 0 Å². The number of carbonyl (C=O) groups is 1. The lowest BCUT2D eigenvalue weighted by Crippen LogP contribution is -1.99. The van der Waals surface area contributed by atoms with E-state index in [1.165, 1.54) is 0 Å². The maximum atomic E-state index is 11.5. The van der Waals surface area contributed by atoms with Crippen molar-refractivity contribution in [2.24, 2.45) is 0 Å². The third-order valence-corrected chi connectivity index (χ3v) is 2.46. The molecule has 0 aliphatic rings. The van der Waals surface area contributed by atoms with Crippen molar-refractivity contribution >= 4 is 17.4 Å². The van der Waals surface area contributed by atoms with Gasteiger partial charge in [0.05, 0.1) is 0 Å². The molecule has 0 radical (unpaired) electrons. The molecule has 1 nitrogen and oxygen atoms in total. The van der Waals surface area contributed by atoms with Gasteiger partial charge in [-0.15, -0.1) is 0 Å². The van der Waals surface area contributed by atoms with E-state index >= 15 is 0 Å². The SMILES string of the molecule is CC/C=C/C(=O)Cc1ccc(C)cc1Cl. The van der Waals surface area contributed by atoms with Crippen LogP contribution in [0.3, 0.4) is 0 Å². The maximum absolute atomic E-state index is 11.5. The second-order valence-electron chi connectivity index (χ2n) is 3.55. The van der Waals surface area contributed by atoms with Crippen molar-refractivity contribution in [2.45, 2.75) is 26.7 Å². The minimum Gasteiger partial charge on any atom is -0.294 e. The van der Waals surface area contributed by atoms with Crippen molar-refractivity contribution < 1.29 is 4.79 Å². The van der Waals surface area contributed by atoms with Crippen LogP contribution < -0.4 is 0 Å². The van der Waals surface area contributed by atoms with Crippen LogP contribution in [0.2, 0.25) is 5.02 Å². The van der Waals surface area contributed by atoms with E-state index in [0.717, 1.165) is 17.5 Å². The Labute approximate surface area is 95.8 Å². The van der Waals surface area contributed by atoms with Crippen molar-refractivity contribution in [3.63, 3.8) is 0 Å². The fraction of sp³-hybridized carbons (Fsp3) is 0.308. The first kappa shape index (κ1) is 12.0. The van der Waals surface area contributed by atoms with Crippen LogP contribution >= 0.6 is 11.6 Å². The number of rotatable bonds is 4. The van der Waals surface area contributed by atoms with Gasteiger partial charge < -0.3 is 0 Å². The molecule has 0 saturated heterocycles. The van der Waals surface area contributed by atoms with Gasteiger partial charge in [0.1, 0.15) is 0 Å². The molecule has 0 aliphatic heterocycles. The number of halogens is 1. The van der Waals surface area contributed by atoms with E-state index in [2.05, 4.69) is 0 Å². The van der Waals surface area contributed by atoms with Gasteiger partial charge in [-0.3, -0.25) is 4.79 Å². The number of allylic oxidation sites excluding steroid dienone is 2. The molecule has 2 heteroatoms. The number of hydrogen-bond donors (Lipinski definition) is 0. The minimum atomic E-state index is 0.0996. The Bertz CT molecular complexity index is 380. The largest absolute Gasteiger partial charge is 0.294 e. The van der Waals surface area contributed by atoms with Gasteiger partial charge in [-0.1, -0.05) is 36.7 Å². The molecule has 1 aromatic rings. The molecule has 0 N–H and O–H groups in total. The van der Waals surface area contributed by atoms with Crippen molar-refractivity contribution in [1.29, 1.82) is 0 Å². The summed E-state index contributed by atoms with van der Waals surface area (Å²) in [7, 11) is 0. The van der Waals surface area contributed by atoms with Crippen molar-refractivity contribution in [3.05, 3.63) is 46.5 Å². The van der Waals surface area contributed by atoms with Crippen LogP contribution in [0.4, 0.5) is 0 Å². The quantitative estimate of drug-likeness (QED) is 0.710. The Morgan fingerprint density at radius 2 is 2.20 bits per heavy atom. The molecule has 0 heterocycles. The highest BCUT2D eigenvalue weighted by molar-refractivity contribution is 6.31. The smallest absolute Gasteiger partial charge is 0.159 e. The third kappa shape index (κ3) is 3.88. The average molecular weight is 223 g/mol. The minimum absolute atomic E-state index is 0.0996. The highest BCUT2D eigenvalue weighted by Gasteiger charge is 2.04. The van der Waals surface area contributed by atoms with Crippen molar-refractivity contribution in [2.75, 3.05) is 0 Å². The van der Waals surface area contributed by atoms with E-state index in [-0.39, 0.29) is 5.78 Å². The number of carbonyl (C=O) groups excluding carboxylic acids is 1. The monoisotopic (exact) mass is 222 g/mol. The number of ketones is 1. The first-order valence-electron chi connectivity index (χ1n) is 5.08. The van der Waals surface area contributed by atoms with Gasteiger partial charge in [0.15, 0.2) is 5.78 Å². The van der Waals surface area contributed by atoms with Gasteiger partial charge in [0.25, 0.3) is 0 Å². The molecule has 0 unspecified atom stereocenters. The fourth-order valence-electron chi connectivity index (χ4n) is 1.29. The lowest BCUT2D eigenvalue weighted by molar-refractivity contribution is -0.114. The van der Waals surface area contributed by atoms with Crippen LogP contribution in [0.25, 0.3) is 0 Å². The zero-order valence-electron chi connectivity index (χ0n) is 9.09. The number of aryl methyl sites for hydroxylation is 1. The Hall–Kier alpha value is -1.08. The summed E-state index contributed by atoms with van der Waals surface area (Å²) in [6.45, 7) is 3.98. The average Bonchev–Trinajstić information content (AvgIpc) is 2.19. The van der Waals surface area contributed by atoms with Crippen LogP contribution in [-0.4, -0.2) is 5.78 Å². The molecule has 0 fully saturated rings. The first-order valence-corrected chi connectivity index (χ1v) is 5.45. The maximum Gasteiger partial charge on any atom is 0.159 e. The molecule has 0 aromatic heterocycles. The molecule has 0 amide bonds. The lowest BCUT2D eigenvalue weighted by Gasteiger charge is -2.02. The van der Waals surface area contributed by atoms with E-state index in [9.17, 15) is 4.79 Å². The van der Waals surface area contributed by atoms with E-state index < -0.39 is 0 Å². The zero-order chi connectivity index (χ0) is 11.3. The van der Waals surface area contributed by atoms with Crippen LogP contribution in [0, 0.1) is 6.92 Å². The van der Waals surface area contributed by atoms with Gasteiger partial charge in [-0.05, 0) is 36.6 Å². The van der Waals surface area contributed by atoms with E-state index in [1.807, 2.05) is 38.1 Å². The molecule has 0 bridgehead atoms. The van der Waals surface area contributed by atoms with Crippen molar-refractivity contribution in [1.82, 2.24) is 0 Å². The molecule has 80 valence electrons. The van der Waals surface area contributed by atoms with Crippen LogP contribution in [0.15, 0.2) is 30.4 Å². The fourth-order valence-corrected chi connectivity index (χ4v) is 1.59. The van der Waals surface area contributed by atoms with Crippen LogP contribution in [0.1, 0.15) is 24.5 Å². The second-order valence-corrected chi connectivity index (χ2v) is 3.96. The zero-order valence-corrected chi connectivity index (χ0v) is 9.84. The standard InChI is InChI=1S/C13H15ClO/c1-3-4-5-12(15)9-11-7-6-10(2)8-13(11)14/h4-8H,3,9H2,1-2H3/b5-4+. The first-order chi connectivity index (χ1) is 7.13. The molecule has 0 spiro atoms. The van der Waals surface area contributed by atoms with Gasteiger partial charge in [-0.25, -0.2) is 0 Å². The number of benzene rings is 1. The molecular weight excluding hydrogens is 208 g/mol. The van der Waals surface area contributed by atoms with E-state index in [1.54, 1.807) is 6.08 Å². The Kier molecular flexibility index (Phi) is 4.57. The highest BCUT2D eigenvalue weighted by Crippen LogP contribution is 2.18. The summed E-state index contributed by atoms with van der Waals surface area (Å²) in [6, 6.07) is 5.76. The summed E-state index contributed by atoms with van der Waals surface area (Å²) in [5.41, 5.74) is 2.01. The predicted octanol–water partition coefficient (Wildman–Crippen LogP) is 3.73. The number of hydrogen-bond acceptors (Lipinski definition) is 1. The molecule has 0 atom stereocenters. The van der Waals surface area contributed by atoms with Gasteiger partial charge in [-0.2, -0.15) is 0 Å². The molecular formula is C13H15ClO. The van der Waals surface area contributed by atoms with Crippen LogP contribution in [0.5, 0.6) is 0 Å². The molecule has 0 saturated carbocycles. The predicted molar refractivity (Wildman–Crippen MR) is 64.3 cm³/mol. The van der Waals surface area contributed by atoms with Crippen LogP contribution in [-0.2, 0) is 11.2 Å². The Balaban J connectivity index is 2.72. The second kappa shape index (κ2) is 5.72. The van der Waals surface area contributed by atoms with E-state index in [0.29, 0.717) is 11.4 Å². The van der Waals surface area contributed by atoms with E-state index in [4.69, 9.17) is 11.6 Å². The summed E-state index contributed by atoms with van der Waals surface area (Å²) < 4.78 is 0. The summed E-state index contributed by atoms with van der Waals surface area (Å²) in [6.07, 6.45) is 4.75. The summed E-state index contributed by atoms with van der Waals surface area (Å²) in [4.78, 5) is 11.5. The lowest BCUT2D eigenvalue weighted by atomic mass is 10.1. The molecule has 1 aromatic carbocycles. The van der Waals surface area contributed by atoms with Gasteiger partial charge in [0, 0.05) is 11.4 Å². The highest BCUT2D eigenvalue weighted by atomic mass is 35.5. The molecule has 15 heavy (non-hydrogen) atoms. The topological polar surface area (TPSA) is 17.1 Å². The Morgan fingerprint density at radius 3 is 2.80 bits per heavy atom. The molecule has 1 rings (SSSR count). The normalized spacial score (nSPS) is 10.9. The summed E-state index contributed by atoms with van der Waals surface area (Å²) in [5.74, 6) is 0.0996. The van der Waals surface area contributed by atoms with Gasteiger partial charge in [0.2, 0.25) is 0 Å². The molecule has 0 aliphatic carbocycles.